The zero-order valence-corrected chi connectivity index (χ0v) is 13.4. The van der Waals surface area contributed by atoms with E-state index in [1.54, 1.807) is 6.07 Å². The van der Waals surface area contributed by atoms with Crippen LogP contribution >= 0.6 is 11.6 Å². The number of amidine groups is 1. The van der Waals surface area contributed by atoms with Crippen molar-refractivity contribution in [1.29, 1.82) is 5.41 Å². The first-order valence-corrected chi connectivity index (χ1v) is 7.31. The van der Waals surface area contributed by atoms with Crippen LogP contribution in [0.3, 0.4) is 0 Å². The van der Waals surface area contributed by atoms with Crippen LogP contribution in [0.2, 0.25) is 5.02 Å². The van der Waals surface area contributed by atoms with Gasteiger partial charge in [0.1, 0.15) is 5.84 Å². The Morgan fingerprint density at radius 1 is 1.25 bits per heavy atom. The summed E-state index contributed by atoms with van der Waals surface area (Å²) in [6.07, 6.45) is 1.12. The van der Waals surface area contributed by atoms with Crippen LogP contribution in [0, 0.1) is 5.41 Å². The lowest BCUT2D eigenvalue weighted by molar-refractivity contribution is 0.234. The zero-order valence-electron chi connectivity index (χ0n) is 12.6. The van der Waals surface area contributed by atoms with Crippen LogP contribution < -0.4 is 5.73 Å². The number of benzene rings is 1. The molecule has 112 valence electrons. The molecule has 0 unspecified atom stereocenters. The summed E-state index contributed by atoms with van der Waals surface area (Å²) < 4.78 is 0. The molecule has 0 aliphatic rings. The molecule has 0 amide bonds. The fourth-order valence-corrected chi connectivity index (χ4v) is 2.25. The average Bonchev–Trinajstić information content (AvgIpc) is 2.38. The Morgan fingerprint density at radius 3 is 2.45 bits per heavy atom. The Balaban J connectivity index is 2.74. The van der Waals surface area contributed by atoms with Gasteiger partial charge >= 0.3 is 0 Å². The number of nitrogens with two attached hydrogens (primary N) is 1. The maximum Gasteiger partial charge on any atom is 0.122 e. The Bertz CT molecular complexity index is 445. The van der Waals surface area contributed by atoms with Crippen molar-refractivity contribution in [3.63, 3.8) is 0 Å². The van der Waals surface area contributed by atoms with Crippen molar-refractivity contribution in [2.75, 3.05) is 33.7 Å². The van der Waals surface area contributed by atoms with Crippen molar-refractivity contribution < 1.29 is 0 Å². The van der Waals surface area contributed by atoms with Gasteiger partial charge in [0.15, 0.2) is 0 Å². The second kappa shape index (κ2) is 8.25. The van der Waals surface area contributed by atoms with Gasteiger partial charge in [-0.1, -0.05) is 30.7 Å². The molecule has 0 saturated heterocycles. The summed E-state index contributed by atoms with van der Waals surface area (Å²) in [6.45, 7) is 6.12. The first-order chi connectivity index (χ1) is 9.43. The van der Waals surface area contributed by atoms with E-state index >= 15 is 0 Å². The molecule has 4 nitrogen and oxygen atoms in total. The van der Waals surface area contributed by atoms with Gasteiger partial charge in [-0.3, -0.25) is 10.3 Å². The molecular formula is C15H25ClN4. The molecule has 20 heavy (non-hydrogen) atoms. The summed E-state index contributed by atoms with van der Waals surface area (Å²) in [7, 11) is 4.16. The molecule has 0 bridgehead atoms. The highest BCUT2D eigenvalue weighted by Gasteiger charge is 2.09. The number of nitrogens with one attached hydrogen (secondary N) is 1. The van der Waals surface area contributed by atoms with Gasteiger partial charge in [-0.15, -0.1) is 0 Å². The molecule has 1 aromatic carbocycles. The van der Waals surface area contributed by atoms with Crippen molar-refractivity contribution in [1.82, 2.24) is 9.80 Å². The lowest BCUT2D eigenvalue weighted by Crippen LogP contribution is -2.32. The smallest absolute Gasteiger partial charge is 0.122 e. The first kappa shape index (κ1) is 17.0. The third-order valence-corrected chi connectivity index (χ3v) is 3.51. The second-order valence-corrected chi connectivity index (χ2v) is 5.71. The number of likely N-dealkylation sites (N-methyl/N-ethyl adjacent to an activating group) is 1. The summed E-state index contributed by atoms with van der Waals surface area (Å²) in [5.41, 5.74) is 7.23. The predicted molar refractivity (Wildman–Crippen MR) is 86.6 cm³/mol. The van der Waals surface area contributed by atoms with E-state index in [4.69, 9.17) is 22.7 Å². The fourth-order valence-electron chi connectivity index (χ4n) is 2.01. The number of hydrogen-bond acceptors (Lipinski definition) is 3. The molecule has 0 aromatic heterocycles. The minimum atomic E-state index is 0.0523. The normalized spacial score (nSPS) is 11.3. The SMILES string of the molecule is CCCN(CCN(C)C)Cc1ccc(C(=N)N)cc1Cl. The number of halogens is 1. The van der Waals surface area contributed by atoms with Gasteiger partial charge < -0.3 is 10.6 Å². The highest BCUT2D eigenvalue weighted by Crippen LogP contribution is 2.19. The topological polar surface area (TPSA) is 56.4 Å². The van der Waals surface area contributed by atoms with Crippen LogP contribution in [0.15, 0.2) is 18.2 Å². The quantitative estimate of drug-likeness (QED) is 0.572. The van der Waals surface area contributed by atoms with Crippen molar-refractivity contribution >= 4 is 17.4 Å². The standard InChI is InChI=1S/C15H25ClN4/c1-4-7-20(9-8-19(2)3)11-13-6-5-12(15(17)18)10-14(13)16/h5-6,10H,4,7-9,11H2,1-3H3,(H3,17,18). The van der Waals surface area contributed by atoms with Crippen LogP contribution in [0.25, 0.3) is 0 Å². The van der Waals surface area contributed by atoms with Gasteiger partial charge in [0.2, 0.25) is 0 Å². The van der Waals surface area contributed by atoms with E-state index in [9.17, 15) is 0 Å². The molecule has 0 heterocycles. The first-order valence-electron chi connectivity index (χ1n) is 6.94. The van der Waals surface area contributed by atoms with Gasteiger partial charge in [-0.2, -0.15) is 0 Å². The lowest BCUT2D eigenvalue weighted by atomic mass is 10.1. The number of nitrogens with zero attached hydrogens (tertiary/aromatic N) is 2. The molecular weight excluding hydrogens is 272 g/mol. The van der Waals surface area contributed by atoms with Gasteiger partial charge in [0.25, 0.3) is 0 Å². The van der Waals surface area contributed by atoms with Crippen LogP contribution in [0.4, 0.5) is 0 Å². The van der Waals surface area contributed by atoms with Crippen molar-refractivity contribution in [2.45, 2.75) is 19.9 Å². The molecule has 1 rings (SSSR count). The molecule has 1 aromatic rings. The number of hydrogen-bond donors (Lipinski definition) is 2. The molecule has 0 radical (unpaired) electrons. The van der Waals surface area contributed by atoms with Gasteiger partial charge in [0, 0.05) is 30.2 Å². The molecule has 0 aliphatic heterocycles. The lowest BCUT2D eigenvalue weighted by Gasteiger charge is -2.24. The van der Waals surface area contributed by atoms with E-state index in [1.807, 2.05) is 12.1 Å². The Kier molecular flexibility index (Phi) is 6.99. The Morgan fingerprint density at radius 2 is 1.95 bits per heavy atom. The van der Waals surface area contributed by atoms with Crippen LogP contribution in [0.5, 0.6) is 0 Å². The molecule has 0 saturated carbocycles. The number of rotatable bonds is 8. The third-order valence-electron chi connectivity index (χ3n) is 3.16. The Hall–Kier alpha value is -1.10. The Labute approximate surface area is 127 Å². The monoisotopic (exact) mass is 296 g/mol. The predicted octanol–water partition coefficient (Wildman–Crippen LogP) is 2.40. The zero-order chi connectivity index (χ0) is 15.1. The van der Waals surface area contributed by atoms with Gasteiger partial charge in [-0.25, -0.2) is 0 Å². The van der Waals surface area contributed by atoms with Gasteiger partial charge in [-0.05, 0) is 38.7 Å². The second-order valence-electron chi connectivity index (χ2n) is 5.30. The van der Waals surface area contributed by atoms with Gasteiger partial charge in [0.05, 0.1) is 0 Å². The van der Waals surface area contributed by atoms with Crippen molar-refractivity contribution in [2.24, 2.45) is 5.73 Å². The summed E-state index contributed by atoms with van der Waals surface area (Å²) >= 11 is 6.29. The molecule has 0 atom stereocenters. The third kappa shape index (κ3) is 5.49. The van der Waals surface area contributed by atoms with Crippen molar-refractivity contribution in [3.05, 3.63) is 34.3 Å². The molecule has 3 N–H and O–H groups in total. The molecule has 5 heteroatoms. The molecule has 0 fully saturated rings. The van der Waals surface area contributed by atoms with E-state index in [2.05, 4.69) is 30.8 Å². The summed E-state index contributed by atoms with van der Waals surface area (Å²) in [6, 6.07) is 5.60. The average molecular weight is 297 g/mol. The maximum absolute atomic E-state index is 7.43. The minimum Gasteiger partial charge on any atom is -0.384 e. The molecule has 0 spiro atoms. The molecule has 0 aliphatic carbocycles. The summed E-state index contributed by atoms with van der Waals surface area (Å²) in [4.78, 5) is 4.58. The number of nitrogen functional groups attached to an aromatic ring is 1. The summed E-state index contributed by atoms with van der Waals surface area (Å²) in [5, 5.41) is 8.11. The minimum absolute atomic E-state index is 0.0523. The highest BCUT2D eigenvalue weighted by molar-refractivity contribution is 6.31. The highest BCUT2D eigenvalue weighted by atomic mass is 35.5. The van der Waals surface area contributed by atoms with Crippen LogP contribution in [-0.4, -0.2) is 49.4 Å². The van der Waals surface area contributed by atoms with Crippen LogP contribution in [-0.2, 0) is 6.54 Å². The fraction of sp³-hybridized carbons (Fsp3) is 0.533. The summed E-state index contributed by atoms with van der Waals surface area (Å²) in [5.74, 6) is 0.0523. The van der Waals surface area contributed by atoms with E-state index in [-0.39, 0.29) is 5.84 Å². The van der Waals surface area contributed by atoms with Crippen LogP contribution in [0.1, 0.15) is 24.5 Å². The van der Waals surface area contributed by atoms with E-state index in [0.29, 0.717) is 10.6 Å². The van der Waals surface area contributed by atoms with E-state index in [1.165, 1.54) is 0 Å². The largest absolute Gasteiger partial charge is 0.384 e. The van der Waals surface area contributed by atoms with E-state index in [0.717, 1.165) is 38.2 Å². The van der Waals surface area contributed by atoms with Crippen molar-refractivity contribution in [3.8, 4) is 0 Å². The van der Waals surface area contributed by atoms with E-state index < -0.39 is 0 Å². The maximum atomic E-state index is 7.43.